The van der Waals surface area contributed by atoms with Crippen LogP contribution in [-0.4, -0.2) is 49.3 Å². The quantitative estimate of drug-likeness (QED) is 0.489. The summed E-state index contributed by atoms with van der Waals surface area (Å²) < 4.78 is 0. The second-order valence-corrected chi connectivity index (χ2v) is 5.43. The molecule has 98 valence electrons. The number of hydrogen-bond donors (Lipinski definition) is 2. The van der Waals surface area contributed by atoms with Crippen molar-refractivity contribution in [1.82, 2.24) is 4.81 Å². The maximum atomic E-state index is 9.53. The minimum absolute atomic E-state index is 0.351. The number of anilines is 2. The van der Waals surface area contributed by atoms with Crippen LogP contribution in [0, 0.1) is 0 Å². The molecule has 1 saturated heterocycles. The molecule has 1 aromatic carbocycles. The minimum atomic E-state index is -0.351. The second kappa shape index (κ2) is 5.86. The molecule has 6 heteroatoms. The highest BCUT2D eigenvalue weighted by Gasteiger charge is 2.22. The molecular formula is C12H20BN3OS. The van der Waals surface area contributed by atoms with E-state index in [0.717, 1.165) is 36.8 Å². The Balaban J connectivity index is 2.03. The van der Waals surface area contributed by atoms with E-state index in [-0.39, 0.29) is 7.05 Å². The van der Waals surface area contributed by atoms with Crippen LogP contribution in [0.2, 0.25) is 6.82 Å². The molecule has 1 aliphatic heterocycles. The monoisotopic (exact) mass is 265 g/mol. The van der Waals surface area contributed by atoms with Gasteiger partial charge in [0.25, 0.3) is 0 Å². The molecule has 1 heterocycles. The first kappa shape index (κ1) is 13.6. The van der Waals surface area contributed by atoms with Gasteiger partial charge in [0.05, 0.1) is 0 Å². The van der Waals surface area contributed by atoms with Gasteiger partial charge in [-0.15, -0.1) is 11.8 Å². The summed E-state index contributed by atoms with van der Waals surface area (Å²) in [7, 11) is -0.351. The Morgan fingerprint density at radius 3 is 2.44 bits per heavy atom. The van der Waals surface area contributed by atoms with Gasteiger partial charge < -0.3 is 20.5 Å². The molecular weight excluding hydrogens is 245 g/mol. The van der Waals surface area contributed by atoms with Crippen molar-refractivity contribution in [2.24, 2.45) is 0 Å². The van der Waals surface area contributed by atoms with E-state index in [4.69, 9.17) is 5.73 Å². The second-order valence-electron chi connectivity index (χ2n) is 4.58. The van der Waals surface area contributed by atoms with Gasteiger partial charge in [0.15, 0.2) is 0 Å². The van der Waals surface area contributed by atoms with Crippen molar-refractivity contribution in [3.63, 3.8) is 0 Å². The SMILES string of the molecule is CSc1ccc(N2CCN(B(C)O)CC2)cc1N. The van der Waals surface area contributed by atoms with Crippen molar-refractivity contribution >= 4 is 30.2 Å². The number of thioether (sulfide) groups is 1. The molecule has 0 atom stereocenters. The number of nitrogen functional groups attached to an aromatic ring is 1. The van der Waals surface area contributed by atoms with E-state index in [0.29, 0.717) is 0 Å². The molecule has 4 nitrogen and oxygen atoms in total. The maximum Gasteiger partial charge on any atom is 0.376 e. The molecule has 1 fully saturated rings. The maximum absolute atomic E-state index is 9.53. The predicted molar refractivity (Wildman–Crippen MR) is 80.3 cm³/mol. The standard InChI is InChI=1S/C12H20BN3OS/c1-13(17)16-7-5-15(6-8-16)10-3-4-12(18-2)11(14)9-10/h3-4,9,17H,5-8,14H2,1-2H3. The lowest BCUT2D eigenvalue weighted by atomic mass is 9.84. The van der Waals surface area contributed by atoms with Crippen molar-refractivity contribution in [1.29, 1.82) is 0 Å². The summed E-state index contributed by atoms with van der Waals surface area (Å²) >= 11 is 1.67. The number of piperazine rings is 1. The van der Waals surface area contributed by atoms with E-state index in [1.807, 2.05) is 19.1 Å². The number of hydrogen-bond acceptors (Lipinski definition) is 5. The number of nitrogens with zero attached hydrogens (tertiary/aromatic N) is 2. The molecule has 0 unspecified atom stereocenters. The van der Waals surface area contributed by atoms with Gasteiger partial charge in [0.1, 0.15) is 0 Å². The summed E-state index contributed by atoms with van der Waals surface area (Å²) in [6, 6.07) is 6.25. The number of rotatable bonds is 3. The third-order valence-electron chi connectivity index (χ3n) is 3.42. The van der Waals surface area contributed by atoms with Gasteiger partial charge in [-0.2, -0.15) is 0 Å². The smallest absolute Gasteiger partial charge is 0.376 e. The lowest BCUT2D eigenvalue weighted by Gasteiger charge is -2.36. The Hall–Kier alpha value is -0.845. The summed E-state index contributed by atoms with van der Waals surface area (Å²) in [4.78, 5) is 5.52. The van der Waals surface area contributed by atoms with Crippen LogP contribution in [0.25, 0.3) is 0 Å². The Kier molecular flexibility index (Phi) is 4.42. The highest BCUT2D eigenvalue weighted by Crippen LogP contribution is 2.28. The van der Waals surface area contributed by atoms with Crippen LogP contribution >= 0.6 is 11.8 Å². The average Bonchev–Trinajstić information content (AvgIpc) is 2.38. The molecule has 0 amide bonds. The van der Waals surface area contributed by atoms with Crippen LogP contribution in [0.3, 0.4) is 0 Å². The van der Waals surface area contributed by atoms with Gasteiger partial charge >= 0.3 is 7.05 Å². The molecule has 0 aromatic heterocycles. The molecule has 0 saturated carbocycles. The van der Waals surface area contributed by atoms with Gasteiger partial charge in [-0.25, -0.2) is 0 Å². The fourth-order valence-corrected chi connectivity index (χ4v) is 2.77. The average molecular weight is 265 g/mol. The first-order chi connectivity index (χ1) is 8.61. The van der Waals surface area contributed by atoms with E-state index in [9.17, 15) is 5.02 Å². The zero-order chi connectivity index (χ0) is 13.1. The van der Waals surface area contributed by atoms with E-state index in [1.54, 1.807) is 11.8 Å². The molecule has 18 heavy (non-hydrogen) atoms. The van der Waals surface area contributed by atoms with Gasteiger partial charge in [-0.3, -0.25) is 0 Å². The first-order valence-corrected chi connectivity index (χ1v) is 7.45. The predicted octanol–water partition coefficient (Wildman–Crippen LogP) is 1.22. The Labute approximate surface area is 113 Å². The van der Waals surface area contributed by atoms with E-state index < -0.39 is 0 Å². The molecule has 0 radical (unpaired) electrons. The largest absolute Gasteiger partial charge is 0.437 e. The summed E-state index contributed by atoms with van der Waals surface area (Å²) in [5, 5.41) is 9.53. The fraction of sp³-hybridized carbons (Fsp3) is 0.500. The molecule has 1 aromatic rings. The Bertz CT molecular complexity index is 408. The fourth-order valence-electron chi connectivity index (χ4n) is 2.27. The Morgan fingerprint density at radius 1 is 1.28 bits per heavy atom. The summed E-state index contributed by atoms with van der Waals surface area (Å²) in [5.41, 5.74) is 8.04. The molecule has 3 N–H and O–H groups in total. The van der Waals surface area contributed by atoms with E-state index in [2.05, 4.69) is 21.8 Å². The van der Waals surface area contributed by atoms with Gasteiger partial charge in [0.2, 0.25) is 0 Å². The van der Waals surface area contributed by atoms with Crippen LogP contribution in [-0.2, 0) is 0 Å². The first-order valence-electron chi connectivity index (χ1n) is 6.22. The number of benzene rings is 1. The third-order valence-corrected chi connectivity index (χ3v) is 4.23. The van der Waals surface area contributed by atoms with Crippen molar-refractivity contribution in [2.75, 3.05) is 43.1 Å². The van der Waals surface area contributed by atoms with Gasteiger partial charge in [-0.1, -0.05) is 0 Å². The summed E-state index contributed by atoms with van der Waals surface area (Å²) in [5.74, 6) is 0. The van der Waals surface area contributed by atoms with Crippen LogP contribution in [0.1, 0.15) is 0 Å². The highest BCUT2D eigenvalue weighted by molar-refractivity contribution is 7.98. The highest BCUT2D eigenvalue weighted by atomic mass is 32.2. The van der Waals surface area contributed by atoms with Crippen LogP contribution in [0.5, 0.6) is 0 Å². The van der Waals surface area contributed by atoms with E-state index >= 15 is 0 Å². The molecule has 0 aliphatic carbocycles. The zero-order valence-corrected chi connectivity index (χ0v) is 11.8. The molecule has 2 rings (SSSR count). The van der Waals surface area contributed by atoms with Gasteiger partial charge in [0, 0.05) is 42.4 Å². The van der Waals surface area contributed by atoms with E-state index in [1.165, 1.54) is 5.69 Å². The third kappa shape index (κ3) is 2.94. The van der Waals surface area contributed by atoms with Crippen molar-refractivity contribution in [3.8, 4) is 0 Å². The minimum Gasteiger partial charge on any atom is -0.437 e. The lowest BCUT2D eigenvalue weighted by molar-refractivity contribution is 0.344. The van der Waals surface area contributed by atoms with Gasteiger partial charge in [-0.05, 0) is 31.3 Å². The molecule has 0 spiro atoms. The topological polar surface area (TPSA) is 52.7 Å². The Morgan fingerprint density at radius 2 is 1.94 bits per heavy atom. The lowest BCUT2D eigenvalue weighted by Crippen LogP contribution is -2.51. The summed E-state index contributed by atoms with van der Waals surface area (Å²) in [6.45, 7) is 5.47. The normalized spacial score (nSPS) is 16.9. The van der Waals surface area contributed by atoms with Crippen LogP contribution in [0.15, 0.2) is 23.1 Å². The number of nitrogens with two attached hydrogens (primary N) is 1. The van der Waals surface area contributed by atoms with Crippen LogP contribution < -0.4 is 10.6 Å². The van der Waals surface area contributed by atoms with Crippen molar-refractivity contribution in [2.45, 2.75) is 11.7 Å². The zero-order valence-electron chi connectivity index (χ0n) is 11.0. The van der Waals surface area contributed by atoms with Crippen molar-refractivity contribution < 1.29 is 5.02 Å². The van der Waals surface area contributed by atoms with Crippen molar-refractivity contribution in [3.05, 3.63) is 18.2 Å². The van der Waals surface area contributed by atoms with Crippen LogP contribution in [0.4, 0.5) is 11.4 Å². The molecule has 0 bridgehead atoms. The summed E-state index contributed by atoms with van der Waals surface area (Å²) in [6.07, 6.45) is 2.03. The molecule has 1 aliphatic rings.